The first-order valence-corrected chi connectivity index (χ1v) is 5.67. The van der Waals surface area contributed by atoms with Gasteiger partial charge in [-0.1, -0.05) is 0 Å². The Morgan fingerprint density at radius 1 is 1.33 bits per heavy atom. The van der Waals surface area contributed by atoms with Crippen LogP contribution in [0, 0.1) is 12.8 Å². The second-order valence-electron chi connectivity index (χ2n) is 4.54. The fraction of sp³-hybridized carbons (Fsp3) is 0.667. The standard InChI is InChI=1S/C12H19NO2/c1-8-2-7-11(15-8)12(13)9-3-5-10(14)6-4-9/h2,7,9-10,12,14H,3-6,13H2,1H3. The molecule has 1 aromatic rings. The minimum Gasteiger partial charge on any atom is -0.465 e. The van der Waals surface area contributed by atoms with E-state index in [4.69, 9.17) is 10.2 Å². The molecule has 0 aromatic carbocycles. The van der Waals surface area contributed by atoms with Crippen LogP contribution in [0.4, 0.5) is 0 Å². The van der Waals surface area contributed by atoms with Crippen molar-refractivity contribution in [1.29, 1.82) is 0 Å². The van der Waals surface area contributed by atoms with Gasteiger partial charge in [0.2, 0.25) is 0 Å². The van der Waals surface area contributed by atoms with Crippen LogP contribution in [0.25, 0.3) is 0 Å². The summed E-state index contributed by atoms with van der Waals surface area (Å²) in [5.41, 5.74) is 6.15. The molecule has 1 unspecified atom stereocenters. The first-order valence-electron chi connectivity index (χ1n) is 5.67. The normalized spacial score (nSPS) is 29.0. The molecule has 0 bridgehead atoms. The van der Waals surface area contributed by atoms with Crippen LogP contribution < -0.4 is 5.73 Å². The molecule has 1 atom stereocenters. The highest BCUT2D eigenvalue weighted by Gasteiger charge is 2.26. The number of nitrogens with two attached hydrogens (primary N) is 1. The molecule has 3 N–H and O–H groups in total. The SMILES string of the molecule is Cc1ccc(C(N)C2CCC(O)CC2)o1. The average molecular weight is 209 g/mol. The monoisotopic (exact) mass is 209 g/mol. The van der Waals surface area contributed by atoms with E-state index in [0.29, 0.717) is 5.92 Å². The Kier molecular flexibility index (Phi) is 3.12. The van der Waals surface area contributed by atoms with Crippen molar-refractivity contribution in [2.24, 2.45) is 11.7 Å². The zero-order valence-corrected chi connectivity index (χ0v) is 9.15. The minimum atomic E-state index is -0.119. The maximum Gasteiger partial charge on any atom is 0.121 e. The van der Waals surface area contributed by atoms with Crippen LogP contribution in [0.3, 0.4) is 0 Å². The lowest BCUT2D eigenvalue weighted by atomic mass is 9.82. The summed E-state index contributed by atoms with van der Waals surface area (Å²) in [4.78, 5) is 0. The maximum atomic E-state index is 9.42. The van der Waals surface area contributed by atoms with Crippen molar-refractivity contribution in [2.75, 3.05) is 0 Å². The summed E-state index contributed by atoms with van der Waals surface area (Å²) < 4.78 is 5.54. The van der Waals surface area contributed by atoms with Crippen molar-refractivity contribution in [3.63, 3.8) is 0 Å². The second kappa shape index (κ2) is 4.37. The van der Waals surface area contributed by atoms with Crippen LogP contribution >= 0.6 is 0 Å². The molecular formula is C12H19NO2. The molecule has 0 radical (unpaired) electrons. The van der Waals surface area contributed by atoms with Gasteiger partial charge in [0.25, 0.3) is 0 Å². The van der Waals surface area contributed by atoms with Crippen LogP contribution in [0.15, 0.2) is 16.5 Å². The van der Waals surface area contributed by atoms with E-state index in [9.17, 15) is 5.11 Å². The number of hydrogen-bond acceptors (Lipinski definition) is 3. The third kappa shape index (κ3) is 2.41. The fourth-order valence-electron chi connectivity index (χ4n) is 2.33. The molecule has 0 amide bonds. The first kappa shape index (κ1) is 10.7. The van der Waals surface area contributed by atoms with Crippen LogP contribution in [-0.4, -0.2) is 11.2 Å². The van der Waals surface area contributed by atoms with Gasteiger partial charge in [0.1, 0.15) is 11.5 Å². The average Bonchev–Trinajstić information content (AvgIpc) is 2.65. The zero-order chi connectivity index (χ0) is 10.8. The van der Waals surface area contributed by atoms with Gasteiger partial charge in [-0.2, -0.15) is 0 Å². The molecule has 0 spiro atoms. The Morgan fingerprint density at radius 3 is 2.53 bits per heavy atom. The molecule has 0 saturated heterocycles. The van der Waals surface area contributed by atoms with Crippen molar-refractivity contribution in [2.45, 2.75) is 44.8 Å². The van der Waals surface area contributed by atoms with E-state index in [1.807, 2.05) is 19.1 Å². The Balaban J connectivity index is 1.99. The second-order valence-corrected chi connectivity index (χ2v) is 4.54. The van der Waals surface area contributed by atoms with Crippen molar-refractivity contribution < 1.29 is 9.52 Å². The summed E-state index contributed by atoms with van der Waals surface area (Å²) in [6, 6.07) is 3.91. The third-order valence-electron chi connectivity index (χ3n) is 3.34. The zero-order valence-electron chi connectivity index (χ0n) is 9.15. The predicted octanol–water partition coefficient (Wildman–Crippen LogP) is 2.14. The van der Waals surface area contributed by atoms with Crippen molar-refractivity contribution >= 4 is 0 Å². The number of rotatable bonds is 2. The summed E-state index contributed by atoms with van der Waals surface area (Å²) in [6.07, 6.45) is 3.63. The van der Waals surface area contributed by atoms with E-state index in [-0.39, 0.29) is 12.1 Å². The fourth-order valence-corrected chi connectivity index (χ4v) is 2.33. The molecule has 1 fully saturated rings. The minimum absolute atomic E-state index is 0.00815. The molecule has 1 aromatic heterocycles. The molecule has 0 aliphatic heterocycles. The highest BCUT2D eigenvalue weighted by molar-refractivity contribution is 5.10. The molecule has 1 heterocycles. The van der Waals surface area contributed by atoms with Gasteiger partial charge in [-0.3, -0.25) is 0 Å². The Bertz CT molecular complexity index is 313. The van der Waals surface area contributed by atoms with Crippen LogP contribution in [0.2, 0.25) is 0 Å². The molecule has 1 saturated carbocycles. The summed E-state index contributed by atoms with van der Waals surface area (Å²) >= 11 is 0. The van der Waals surface area contributed by atoms with Crippen LogP contribution in [0.1, 0.15) is 43.2 Å². The van der Waals surface area contributed by atoms with Gasteiger partial charge in [0.15, 0.2) is 0 Å². The lowest BCUT2D eigenvalue weighted by Crippen LogP contribution is -2.27. The van der Waals surface area contributed by atoms with Crippen molar-refractivity contribution in [3.05, 3.63) is 23.7 Å². The van der Waals surface area contributed by atoms with Crippen LogP contribution in [0.5, 0.6) is 0 Å². The van der Waals surface area contributed by atoms with E-state index in [1.165, 1.54) is 0 Å². The van der Waals surface area contributed by atoms with E-state index in [1.54, 1.807) is 0 Å². The Labute approximate surface area is 90.3 Å². The number of hydrogen-bond donors (Lipinski definition) is 2. The lowest BCUT2D eigenvalue weighted by molar-refractivity contribution is 0.0991. The van der Waals surface area contributed by atoms with Gasteiger partial charge >= 0.3 is 0 Å². The number of furan rings is 1. The van der Waals surface area contributed by atoms with Gasteiger partial charge in [-0.05, 0) is 50.7 Å². The summed E-state index contributed by atoms with van der Waals surface area (Å²) in [7, 11) is 0. The van der Waals surface area contributed by atoms with Gasteiger partial charge < -0.3 is 15.3 Å². The van der Waals surface area contributed by atoms with E-state index in [2.05, 4.69) is 0 Å². The van der Waals surface area contributed by atoms with Gasteiger partial charge in [0, 0.05) is 0 Å². The molecule has 3 nitrogen and oxygen atoms in total. The summed E-state index contributed by atoms with van der Waals surface area (Å²) in [5, 5.41) is 9.42. The highest BCUT2D eigenvalue weighted by atomic mass is 16.3. The van der Waals surface area contributed by atoms with Crippen molar-refractivity contribution in [1.82, 2.24) is 0 Å². The third-order valence-corrected chi connectivity index (χ3v) is 3.34. The Morgan fingerprint density at radius 2 is 2.00 bits per heavy atom. The largest absolute Gasteiger partial charge is 0.465 e. The molecule has 15 heavy (non-hydrogen) atoms. The smallest absolute Gasteiger partial charge is 0.121 e. The number of aliphatic hydroxyl groups is 1. The molecule has 1 aliphatic carbocycles. The quantitative estimate of drug-likeness (QED) is 0.784. The lowest BCUT2D eigenvalue weighted by Gasteiger charge is -2.28. The highest BCUT2D eigenvalue weighted by Crippen LogP contribution is 2.33. The number of aliphatic hydroxyl groups excluding tert-OH is 1. The van der Waals surface area contributed by atoms with Crippen molar-refractivity contribution in [3.8, 4) is 0 Å². The molecule has 2 rings (SSSR count). The Hall–Kier alpha value is -0.800. The van der Waals surface area contributed by atoms with E-state index >= 15 is 0 Å². The topological polar surface area (TPSA) is 59.4 Å². The van der Waals surface area contributed by atoms with Crippen LogP contribution in [-0.2, 0) is 0 Å². The van der Waals surface area contributed by atoms with Gasteiger partial charge in [-0.15, -0.1) is 0 Å². The first-order chi connectivity index (χ1) is 7.16. The number of aryl methyl sites for hydroxylation is 1. The maximum absolute atomic E-state index is 9.42. The molecule has 1 aliphatic rings. The van der Waals surface area contributed by atoms with Gasteiger partial charge in [-0.25, -0.2) is 0 Å². The molecular weight excluding hydrogens is 190 g/mol. The summed E-state index contributed by atoms with van der Waals surface area (Å²) in [6.45, 7) is 1.93. The molecule has 84 valence electrons. The summed E-state index contributed by atoms with van der Waals surface area (Å²) in [5.74, 6) is 2.25. The van der Waals surface area contributed by atoms with Gasteiger partial charge in [0.05, 0.1) is 12.1 Å². The van der Waals surface area contributed by atoms with E-state index in [0.717, 1.165) is 37.2 Å². The predicted molar refractivity (Wildman–Crippen MR) is 58.3 cm³/mol. The van der Waals surface area contributed by atoms with E-state index < -0.39 is 0 Å². The molecule has 3 heteroatoms.